The minimum absolute atomic E-state index is 0.255. The molecule has 0 aliphatic carbocycles. The largest absolute Gasteiger partial charge is 0.495 e. The highest BCUT2D eigenvalue weighted by atomic mass is 35.5. The Morgan fingerprint density at radius 3 is 2.50 bits per heavy atom. The van der Waals surface area contributed by atoms with Crippen molar-refractivity contribution in [2.24, 2.45) is 0 Å². The number of carbonyl (C=O) groups excluding carboxylic acids is 1. The molecule has 1 N–H and O–H groups in total. The number of anilines is 1. The van der Waals surface area contributed by atoms with Gasteiger partial charge in [-0.2, -0.15) is 0 Å². The zero-order valence-corrected chi connectivity index (χ0v) is 10.5. The Morgan fingerprint density at radius 2 is 2.00 bits per heavy atom. The van der Waals surface area contributed by atoms with Crippen LogP contribution in [0, 0.1) is 10.1 Å². The lowest BCUT2D eigenvalue weighted by molar-refractivity contribution is -0.467. The molecule has 1 aromatic carbocycles. The number of carbonyl (C=O) groups is 1. The first kappa shape index (κ1) is 14.0. The number of methoxy groups -OCH3 is 2. The van der Waals surface area contributed by atoms with E-state index >= 15 is 0 Å². The number of hydrogen-bond acceptors (Lipinski definition) is 5. The standard InChI is InChI=1S/C10H11ClN2O5/c1-17-8-4-7(9(18-2)3-6(8)11)12-10(14)5-13(15)16/h3-4H,5H2,1-2H3,(H,12,14). The number of benzene rings is 1. The van der Waals surface area contributed by atoms with E-state index in [0.29, 0.717) is 10.8 Å². The number of amides is 1. The highest BCUT2D eigenvalue weighted by Gasteiger charge is 2.15. The molecular formula is C10H11ClN2O5. The fourth-order valence-corrected chi connectivity index (χ4v) is 1.50. The summed E-state index contributed by atoms with van der Waals surface area (Å²) in [4.78, 5) is 20.8. The van der Waals surface area contributed by atoms with E-state index in [4.69, 9.17) is 21.1 Å². The van der Waals surface area contributed by atoms with Crippen LogP contribution >= 0.6 is 11.6 Å². The van der Waals surface area contributed by atoms with Crippen LogP contribution in [0.2, 0.25) is 5.02 Å². The smallest absolute Gasteiger partial charge is 0.296 e. The third-order valence-corrected chi connectivity index (χ3v) is 2.32. The predicted octanol–water partition coefficient (Wildman–Crippen LogP) is 1.57. The fourth-order valence-electron chi connectivity index (χ4n) is 1.27. The van der Waals surface area contributed by atoms with Gasteiger partial charge in [0.05, 0.1) is 24.9 Å². The molecule has 0 saturated carbocycles. The zero-order chi connectivity index (χ0) is 13.7. The molecule has 7 nitrogen and oxygen atoms in total. The maximum absolute atomic E-state index is 11.3. The molecule has 98 valence electrons. The summed E-state index contributed by atoms with van der Waals surface area (Å²) in [5.74, 6) is -0.144. The second-order valence-corrected chi connectivity index (χ2v) is 3.63. The number of hydrogen-bond donors (Lipinski definition) is 1. The molecule has 0 saturated heterocycles. The molecule has 0 radical (unpaired) electrons. The van der Waals surface area contributed by atoms with Crippen LogP contribution in [-0.4, -0.2) is 31.6 Å². The second kappa shape index (κ2) is 6.06. The summed E-state index contributed by atoms with van der Waals surface area (Å²) in [6.07, 6.45) is 0. The lowest BCUT2D eigenvalue weighted by atomic mass is 10.2. The minimum atomic E-state index is -0.825. The molecule has 0 bridgehead atoms. The number of nitrogens with zero attached hydrogens (tertiary/aromatic N) is 1. The topological polar surface area (TPSA) is 90.7 Å². The number of nitro groups is 1. The number of rotatable bonds is 5. The molecule has 1 rings (SSSR count). The molecule has 0 spiro atoms. The van der Waals surface area contributed by atoms with Crippen molar-refractivity contribution in [3.63, 3.8) is 0 Å². The van der Waals surface area contributed by atoms with Crippen LogP contribution < -0.4 is 14.8 Å². The maximum Gasteiger partial charge on any atom is 0.296 e. The molecular weight excluding hydrogens is 264 g/mol. The minimum Gasteiger partial charge on any atom is -0.495 e. The van der Waals surface area contributed by atoms with E-state index in [2.05, 4.69) is 5.32 Å². The Labute approximate surface area is 108 Å². The van der Waals surface area contributed by atoms with Crippen molar-refractivity contribution in [3.05, 3.63) is 27.3 Å². The Balaban J connectivity index is 2.99. The van der Waals surface area contributed by atoms with Gasteiger partial charge in [-0.1, -0.05) is 11.6 Å². The molecule has 0 heterocycles. The number of nitrogens with one attached hydrogen (secondary N) is 1. The Bertz CT molecular complexity index is 478. The Morgan fingerprint density at radius 1 is 1.39 bits per heavy atom. The molecule has 0 unspecified atom stereocenters. The third-order valence-electron chi connectivity index (χ3n) is 2.02. The molecule has 8 heteroatoms. The van der Waals surface area contributed by atoms with Gasteiger partial charge in [0.2, 0.25) is 0 Å². The van der Waals surface area contributed by atoms with E-state index in [1.165, 1.54) is 26.4 Å². The van der Waals surface area contributed by atoms with Gasteiger partial charge in [0.1, 0.15) is 11.5 Å². The van der Waals surface area contributed by atoms with E-state index in [1.807, 2.05) is 0 Å². The van der Waals surface area contributed by atoms with Gasteiger partial charge in [-0.05, 0) is 0 Å². The zero-order valence-electron chi connectivity index (χ0n) is 9.73. The summed E-state index contributed by atoms with van der Waals surface area (Å²) >= 11 is 5.88. The van der Waals surface area contributed by atoms with E-state index in [0.717, 1.165) is 0 Å². The average Bonchev–Trinajstić information content (AvgIpc) is 2.29. The van der Waals surface area contributed by atoms with Gasteiger partial charge >= 0.3 is 0 Å². The maximum atomic E-state index is 11.3. The monoisotopic (exact) mass is 274 g/mol. The lowest BCUT2D eigenvalue weighted by Crippen LogP contribution is -2.21. The summed E-state index contributed by atoms with van der Waals surface area (Å²) in [7, 11) is 2.80. The molecule has 1 amide bonds. The van der Waals surface area contributed by atoms with Gasteiger partial charge < -0.3 is 14.8 Å². The van der Waals surface area contributed by atoms with Gasteiger partial charge in [-0.15, -0.1) is 0 Å². The number of ether oxygens (including phenoxy) is 2. The van der Waals surface area contributed by atoms with Crippen LogP contribution in [0.4, 0.5) is 5.69 Å². The lowest BCUT2D eigenvalue weighted by Gasteiger charge is -2.12. The van der Waals surface area contributed by atoms with Gasteiger partial charge in [0.25, 0.3) is 12.5 Å². The highest BCUT2D eigenvalue weighted by molar-refractivity contribution is 6.32. The van der Waals surface area contributed by atoms with Gasteiger partial charge in [0.15, 0.2) is 0 Å². The quantitative estimate of drug-likeness (QED) is 0.650. The average molecular weight is 275 g/mol. The molecule has 0 aliphatic rings. The summed E-state index contributed by atoms with van der Waals surface area (Å²) in [5.41, 5.74) is 0.255. The van der Waals surface area contributed by atoms with E-state index in [1.54, 1.807) is 0 Å². The molecule has 0 fully saturated rings. The van der Waals surface area contributed by atoms with Crippen molar-refractivity contribution in [1.29, 1.82) is 0 Å². The van der Waals surface area contributed by atoms with Gasteiger partial charge in [-0.25, -0.2) is 0 Å². The van der Waals surface area contributed by atoms with E-state index in [-0.39, 0.29) is 11.4 Å². The number of halogens is 1. The molecule has 0 aliphatic heterocycles. The van der Waals surface area contributed by atoms with Crippen LogP contribution in [0.1, 0.15) is 0 Å². The van der Waals surface area contributed by atoms with Crippen LogP contribution in [0.3, 0.4) is 0 Å². The van der Waals surface area contributed by atoms with Gasteiger partial charge in [0, 0.05) is 17.1 Å². The van der Waals surface area contributed by atoms with Crippen LogP contribution in [0.15, 0.2) is 12.1 Å². The Hall–Kier alpha value is -2.02. The SMILES string of the molecule is COc1cc(NC(=O)C[N+](=O)[O-])c(OC)cc1Cl. The highest BCUT2D eigenvalue weighted by Crippen LogP contribution is 2.35. The predicted molar refractivity (Wildman–Crippen MR) is 65.0 cm³/mol. The fraction of sp³-hybridized carbons (Fsp3) is 0.300. The first-order chi connectivity index (χ1) is 8.47. The van der Waals surface area contributed by atoms with Gasteiger partial charge in [-0.3, -0.25) is 14.9 Å². The summed E-state index contributed by atoms with van der Waals surface area (Å²) in [5, 5.41) is 12.9. The van der Waals surface area contributed by atoms with Crippen LogP contribution in [0.25, 0.3) is 0 Å². The van der Waals surface area contributed by atoms with Crippen LogP contribution in [-0.2, 0) is 4.79 Å². The van der Waals surface area contributed by atoms with E-state index in [9.17, 15) is 14.9 Å². The molecule has 1 aromatic rings. The van der Waals surface area contributed by atoms with Crippen LogP contribution in [0.5, 0.6) is 11.5 Å². The summed E-state index contributed by atoms with van der Waals surface area (Å²) in [6, 6.07) is 2.88. The molecule has 0 atom stereocenters. The summed E-state index contributed by atoms with van der Waals surface area (Å²) in [6.45, 7) is -0.825. The first-order valence-corrected chi connectivity index (χ1v) is 5.19. The molecule has 0 aromatic heterocycles. The third kappa shape index (κ3) is 3.49. The second-order valence-electron chi connectivity index (χ2n) is 3.23. The first-order valence-electron chi connectivity index (χ1n) is 4.81. The van der Waals surface area contributed by atoms with Crippen molar-refractivity contribution in [1.82, 2.24) is 0 Å². The van der Waals surface area contributed by atoms with Crippen molar-refractivity contribution < 1.29 is 19.2 Å². The van der Waals surface area contributed by atoms with Crippen molar-refractivity contribution in [2.45, 2.75) is 0 Å². The van der Waals surface area contributed by atoms with Crippen molar-refractivity contribution in [3.8, 4) is 11.5 Å². The van der Waals surface area contributed by atoms with Crippen molar-refractivity contribution >= 4 is 23.2 Å². The van der Waals surface area contributed by atoms with E-state index < -0.39 is 17.4 Å². The van der Waals surface area contributed by atoms with Crippen molar-refractivity contribution in [2.75, 3.05) is 26.1 Å². The Kier molecular flexibility index (Phi) is 4.73. The molecule has 18 heavy (non-hydrogen) atoms. The summed E-state index contributed by atoms with van der Waals surface area (Å²) < 4.78 is 9.98. The normalized spacial score (nSPS) is 9.72.